The molecule has 2 aromatic heterocycles. The van der Waals surface area contributed by atoms with Gasteiger partial charge in [0.25, 0.3) is 5.91 Å². The van der Waals surface area contributed by atoms with E-state index in [9.17, 15) is 28.2 Å². The number of rotatable bonds is 11. The van der Waals surface area contributed by atoms with Gasteiger partial charge >= 0.3 is 0 Å². The van der Waals surface area contributed by atoms with Crippen LogP contribution in [0.4, 0.5) is 0 Å². The average Bonchev–Trinajstić information content (AvgIpc) is 3.77. The number of benzene rings is 1. The molecule has 15 nitrogen and oxygen atoms in total. The molecule has 0 aliphatic carbocycles. The van der Waals surface area contributed by atoms with Crippen molar-refractivity contribution in [2.45, 2.75) is 43.2 Å². The van der Waals surface area contributed by atoms with Crippen molar-refractivity contribution < 1.29 is 37.4 Å². The maximum atomic E-state index is 12.8. The molecule has 3 aromatic rings. The van der Waals surface area contributed by atoms with Crippen LogP contribution in [0.2, 0.25) is 0 Å². The highest BCUT2D eigenvalue weighted by Crippen LogP contribution is 2.27. The number of ether oxygens (including phenoxy) is 1. The average molecular weight is 630 g/mol. The molecule has 0 bridgehead atoms. The second-order valence-electron chi connectivity index (χ2n) is 10.8. The van der Waals surface area contributed by atoms with Crippen molar-refractivity contribution in [3.05, 3.63) is 54.2 Å². The van der Waals surface area contributed by atoms with Gasteiger partial charge in [-0.2, -0.15) is 4.31 Å². The molecule has 2 aliphatic rings. The number of oxazole rings is 1. The van der Waals surface area contributed by atoms with Gasteiger partial charge in [0.15, 0.2) is 5.76 Å². The summed E-state index contributed by atoms with van der Waals surface area (Å²) in [4.78, 5) is 38.0. The molecule has 0 radical (unpaired) electrons. The number of nitrogens with one attached hydrogen (secondary N) is 3. The predicted molar refractivity (Wildman–Crippen MR) is 156 cm³/mol. The molecule has 236 valence electrons. The van der Waals surface area contributed by atoms with Crippen molar-refractivity contribution in [1.82, 2.24) is 35.2 Å². The van der Waals surface area contributed by atoms with Gasteiger partial charge in [-0.25, -0.2) is 23.4 Å². The van der Waals surface area contributed by atoms with Crippen LogP contribution in [0.3, 0.4) is 0 Å². The van der Waals surface area contributed by atoms with E-state index in [1.54, 1.807) is 12.1 Å². The minimum Gasteiger partial charge on any atom is -0.436 e. The molecule has 0 spiro atoms. The third-order valence-corrected chi connectivity index (χ3v) is 8.98. The Bertz CT molecular complexity index is 1560. The predicted octanol–water partition coefficient (Wildman–Crippen LogP) is -0.550. The lowest BCUT2D eigenvalue weighted by atomic mass is 10.1. The lowest BCUT2D eigenvalue weighted by Gasteiger charge is -2.21. The van der Waals surface area contributed by atoms with E-state index < -0.39 is 46.3 Å². The first kappa shape index (κ1) is 31.6. The maximum absolute atomic E-state index is 12.8. The monoisotopic (exact) mass is 629 g/mol. The number of methoxy groups -OCH3 is 1. The van der Waals surface area contributed by atoms with Gasteiger partial charge in [0.05, 0.1) is 36.8 Å². The minimum absolute atomic E-state index is 0.00252. The summed E-state index contributed by atoms with van der Waals surface area (Å²) in [5, 5.41) is 27.6. The van der Waals surface area contributed by atoms with Crippen LogP contribution in [0.25, 0.3) is 22.8 Å². The first-order valence-corrected chi connectivity index (χ1v) is 15.9. The normalized spacial score (nSPS) is 23.0. The quantitative estimate of drug-likeness (QED) is 0.181. The molecule has 16 heteroatoms. The zero-order valence-electron chi connectivity index (χ0n) is 24.2. The largest absolute Gasteiger partial charge is 0.436 e. The summed E-state index contributed by atoms with van der Waals surface area (Å²) < 4.78 is 37.2. The van der Waals surface area contributed by atoms with Crippen LogP contribution < -0.4 is 16.0 Å². The molecule has 5 rings (SSSR count). The molecule has 1 unspecified atom stereocenters. The van der Waals surface area contributed by atoms with Crippen molar-refractivity contribution in [3.63, 3.8) is 0 Å². The van der Waals surface area contributed by atoms with E-state index in [-0.39, 0.29) is 31.4 Å². The topological polar surface area (TPSA) is 209 Å². The van der Waals surface area contributed by atoms with Crippen molar-refractivity contribution in [3.8, 4) is 22.8 Å². The summed E-state index contributed by atoms with van der Waals surface area (Å²) in [5.41, 5.74) is 2.03. The third kappa shape index (κ3) is 7.28. The SMILES string of the molecule is COC(CO)c1ccc(-c2ncc(-c3cnc(C(=O)NC[C@H]4C[C@@H](NC(=O)[C@@H]5C[C@H](O)CN5)CN4S(C)(=O)=O)nc3)o2)cc1. The fourth-order valence-corrected chi connectivity index (χ4v) is 6.51. The van der Waals surface area contributed by atoms with Crippen LogP contribution >= 0.6 is 0 Å². The highest BCUT2D eigenvalue weighted by atomic mass is 32.2. The Hall–Kier alpha value is -3.80. The van der Waals surface area contributed by atoms with E-state index in [0.717, 1.165) is 17.4 Å². The molecule has 2 aliphatic heterocycles. The number of sulfonamides is 1. The summed E-state index contributed by atoms with van der Waals surface area (Å²) >= 11 is 0. The Labute approximate surface area is 254 Å². The molecule has 2 fully saturated rings. The summed E-state index contributed by atoms with van der Waals surface area (Å²) in [6, 6.07) is 5.69. The van der Waals surface area contributed by atoms with E-state index in [1.807, 2.05) is 12.1 Å². The number of aromatic nitrogens is 3. The zero-order chi connectivity index (χ0) is 31.4. The number of hydrogen-bond acceptors (Lipinski definition) is 12. The Morgan fingerprint density at radius 3 is 2.48 bits per heavy atom. The van der Waals surface area contributed by atoms with Crippen LogP contribution in [-0.4, -0.2) is 114 Å². The molecule has 5 atom stereocenters. The molecule has 2 amide bonds. The van der Waals surface area contributed by atoms with Crippen molar-refractivity contribution in [2.24, 2.45) is 0 Å². The van der Waals surface area contributed by atoms with E-state index in [0.29, 0.717) is 36.6 Å². The highest BCUT2D eigenvalue weighted by molar-refractivity contribution is 7.88. The van der Waals surface area contributed by atoms with Gasteiger partial charge in [0, 0.05) is 56.8 Å². The first-order valence-electron chi connectivity index (χ1n) is 14.0. The van der Waals surface area contributed by atoms with Crippen LogP contribution in [0.5, 0.6) is 0 Å². The smallest absolute Gasteiger partial charge is 0.289 e. The molecule has 4 heterocycles. The van der Waals surface area contributed by atoms with Crippen molar-refractivity contribution >= 4 is 21.8 Å². The summed E-state index contributed by atoms with van der Waals surface area (Å²) in [7, 11) is -2.09. The number of carbonyl (C=O) groups excluding carboxylic acids is 2. The fourth-order valence-electron chi connectivity index (χ4n) is 5.36. The van der Waals surface area contributed by atoms with E-state index in [4.69, 9.17) is 9.15 Å². The van der Waals surface area contributed by atoms with Gasteiger partial charge in [-0.15, -0.1) is 0 Å². The molecule has 0 saturated carbocycles. The summed E-state index contributed by atoms with van der Waals surface area (Å²) in [6.07, 6.45) is 5.04. The van der Waals surface area contributed by atoms with Crippen LogP contribution in [0.15, 0.2) is 47.3 Å². The van der Waals surface area contributed by atoms with Crippen LogP contribution in [0, 0.1) is 0 Å². The Morgan fingerprint density at radius 1 is 1.14 bits per heavy atom. The molecular weight excluding hydrogens is 594 g/mol. The number of hydrogen-bond donors (Lipinski definition) is 5. The summed E-state index contributed by atoms with van der Waals surface area (Å²) in [5.74, 6) is -0.234. The van der Waals surface area contributed by atoms with Gasteiger partial charge in [-0.1, -0.05) is 12.1 Å². The Kier molecular flexibility index (Phi) is 9.67. The Balaban J connectivity index is 1.18. The standard InChI is InChI=1S/C28H35N7O8S/c1-42-24(15-36)16-3-5-17(6-4-16)28-33-13-23(43-28)18-9-30-25(31-10-18)27(39)32-11-20-7-19(14-35(20)44(2,40)41)34-26(38)22-8-21(37)12-29-22/h3-6,9-10,13,19-22,24,29,36-37H,7-8,11-12,14-15H2,1-2H3,(H,32,39)(H,34,38)/t19-,20-,21+,22+,24?/m1/s1. The molecule has 2 saturated heterocycles. The van der Waals surface area contributed by atoms with Gasteiger partial charge in [-0.3, -0.25) is 9.59 Å². The minimum atomic E-state index is -3.61. The molecule has 44 heavy (non-hydrogen) atoms. The number of nitrogens with zero attached hydrogens (tertiary/aromatic N) is 4. The van der Waals surface area contributed by atoms with Crippen LogP contribution in [0.1, 0.15) is 35.1 Å². The van der Waals surface area contributed by atoms with Crippen molar-refractivity contribution in [1.29, 1.82) is 0 Å². The Morgan fingerprint density at radius 2 is 1.86 bits per heavy atom. The van der Waals surface area contributed by atoms with E-state index in [1.165, 1.54) is 30.0 Å². The second kappa shape index (κ2) is 13.5. The lowest BCUT2D eigenvalue weighted by molar-refractivity contribution is -0.123. The number of β-amino-alcohol motifs (C(OH)–C–C–N with tert-alkyl or cyclic N) is 1. The number of carbonyl (C=O) groups is 2. The number of aliphatic hydroxyl groups is 2. The summed E-state index contributed by atoms with van der Waals surface area (Å²) in [6.45, 7) is 0.257. The number of amides is 2. The lowest BCUT2D eigenvalue weighted by Crippen LogP contribution is -2.46. The number of aliphatic hydroxyl groups excluding tert-OH is 2. The maximum Gasteiger partial charge on any atom is 0.289 e. The van der Waals surface area contributed by atoms with Gasteiger partial charge in [0.2, 0.25) is 27.6 Å². The second-order valence-corrected chi connectivity index (χ2v) is 12.8. The fraction of sp³-hybridized carbons (Fsp3) is 0.464. The van der Waals surface area contributed by atoms with E-state index >= 15 is 0 Å². The zero-order valence-corrected chi connectivity index (χ0v) is 25.0. The van der Waals surface area contributed by atoms with Gasteiger partial charge < -0.3 is 35.3 Å². The first-order chi connectivity index (χ1) is 21.0. The van der Waals surface area contributed by atoms with Gasteiger partial charge in [0.1, 0.15) is 6.10 Å². The third-order valence-electron chi connectivity index (χ3n) is 7.68. The molecule has 1 aromatic carbocycles. The van der Waals surface area contributed by atoms with E-state index in [2.05, 4.69) is 30.9 Å². The highest BCUT2D eigenvalue weighted by Gasteiger charge is 2.39. The van der Waals surface area contributed by atoms with Crippen molar-refractivity contribution in [2.75, 3.05) is 39.6 Å². The molecule has 5 N–H and O–H groups in total. The molecular formula is C28H35N7O8S. The van der Waals surface area contributed by atoms with Gasteiger partial charge in [-0.05, 0) is 30.5 Å². The van der Waals surface area contributed by atoms with Crippen LogP contribution in [-0.2, 0) is 19.6 Å².